The molecule has 2 heterocycles. The molecular weight excluding hydrogens is 352 g/mol. The van der Waals surface area contributed by atoms with Gasteiger partial charge in [-0.25, -0.2) is 0 Å². The minimum absolute atomic E-state index is 0.00863. The van der Waals surface area contributed by atoms with Gasteiger partial charge < -0.3 is 0 Å². The summed E-state index contributed by atoms with van der Waals surface area (Å²) >= 11 is 0. The maximum Gasteiger partial charge on any atom is 0.231 e. The van der Waals surface area contributed by atoms with Crippen LogP contribution in [0.15, 0.2) is 60.9 Å². The third kappa shape index (κ3) is 2.08. The van der Waals surface area contributed by atoms with Gasteiger partial charge in [0.2, 0.25) is 11.8 Å². The Kier molecular flexibility index (Phi) is 3.53. The first-order valence-electron chi connectivity index (χ1n) is 9.37. The minimum atomic E-state index is -0.428. The van der Waals surface area contributed by atoms with Crippen molar-refractivity contribution in [2.24, 2.45) is 18.9 Å². The van der Waals surface area contributed by atoms with E-state index in [1.54, 1.807) is 17.1 Å². The molecule has 7 rings (SSSR count). The highest BCUT2D eigenvalue weighted by molar-refractivity contribution is 6.08. The molecule has 28 heavy (non-hydrogen) atoms. The molecule has 2 unspecified atom stereocenters. The number of nitrogens with one attached hydrogen (secondary N) is 1. The van der Waals surface area contributed by atoms with Gasteiger partial charge >= 0.3 is 0 Å². The standard InChI is InChI=1S/C19H15NO2.C3H5N3/c1-19-12-8-4-2-6-10(12)14(11-7-3-5-9-13(11)19)15-16(19)18(22)20-17(15)21;1-6-3-2-4-5-6/h2-9,14-16H,1H3,(H,20,21,22);2-3H,1H3. The van der Waals surface area contributed by atoms with Crippen LogP contribution in [0.3, 0.4) is 0 Å². The van der Waals surface area contributed by atoms with Gasteiger partial charge in [-0.2, -0.15) is 0 Å². The van der Waals surface area contributed by atoms with Gasteiger partial charge in [0.25, 0.3) is 0 Å². The molecule has 140 valence electrons. The number of rotatable bonds is 0. The Hall–Kier alpha value is -3.28. The monoisotopic (exact) mass is 372 g/mol. The second kappa shape index (κ2) is 5.86. The lowest BCUT2D eigenvalue weighted by Crippen LogP contribution is -2.51. The predicted molar refractivity (Wildman–Crippen MR) is 102 cm³/mol. The SMILES string of the molecule is CC12c3ccccc3C(c3ccccc31)C1C(=O)NC(=O)C12.Cn1ccnn1. The van der Waals surface area contributed by atoms with E-state index in [9.17, 15) is 9.59 Å². The van der Waals surface area contributed by atoms with E-state index in [-0.39, 0.29) is 29.6 Å². The van der Waals surface area contributed by atoms with Crippen molar-refractivity contribution in [1.29, 1.82) is 0 Å². The van der Waals surface area contributed by atoms with E-state index in [0.717, 1.165) is 0 Å². The topological polar surface area (TPSA) is 76.9 Å². The van der Waals surface area contributed by atoms with E-state index in [2.05, 4.69) is 46.8 Å². The summed E-state index contributed by atoms with van der Waals surface area (Å²) in [6, 6.07) is 16.6. The van der Waals surface area contributed by atoms with Gasteiger partial charge in [-0.15, -0.1) is 5.10 Å². The number of aromatic nitrogens is 3. The van der Waals surface area contributed by atoms with Crippen LogP contribution >= 0.6 is 0 Å². The van der Waals surface area contributed by atoms with E-state index in [1.165, 1.54) is 22.3 Å². The second-order valence-electron chi connectivity index (χ2n) is 7.79. The number of nitrogens with zero attached hydrogens (tertiary/aromatic N) is 3. The van der Waals surface area contributed by atoms with Gasteiger partial charge in [0.05, 0.1) is 18.0 Å². The van der Waals surface area contributed by atoms with Crippen LogP contribution in [0.1, 0.15) is 35.1 Å². The molecule has 0 saturated carbocycles. The molecule has 3 aliphatic carbocycles. The van der Waals surface area contributed by atoms with Crippen LogP contribution in [-0.4, -0.2) is 26.8 Å². The van der Waals surface area contributed by atoms with Gasteiger partial charge in [0.1, 0.15) is 0 Å². The zero-order valence-corrected chi connectivity index (χ0v) is 15.7. The van der Waals surface area contributed by atoms with Crippen molar-refractivity contribution in [3.05, 3.63) is 83.2 Å². The fraction of sp³-hybridized carbons (Fsp3) is 0.273. The fourth-order valence-electron chi connectivity index (χ4n) is 5.35. The molecule has 2 aromatic carbocycles. The number of amides is 2. The van der Waals surface area contributed by atoms with Crippen molar-refractivity contribution < 1.29 is 9.59 Å². The number of hydrogen-bond donors (Lipinski definition) is 1. The molecule has 1 aromatic heterocycles. The quantitative estimate of drug-likeness (QED) is 0.614. The minimum Gasteiger partial charge on any atom is -0.296 e. The summed E-state index contributed by atoms with van der Waals surface area (Å²) in [6.45, 7) is 2.12. The van der Waals surface area contributed by atoms with Crippen molar-refractivity contribution in [3.8, 4) is 0 Å². The molecule has 1 aliphatic heterocycles. The first-order valence-corrected chi connectivity index (χ1v) is 9.37. The summed E-state index contributed by atoms with van der Waals surface area (Å²) in [7, 11) is 1.83. The van der Waals surface area contributed by atoms with Crippen LogP contribution in [0.25, 0.3) is 0 Å². The largest absolute Gasteiger partial charge is 0.296 e. The summed E-state index contributed by atoms with van der Waals surface area (Å²) < 4.78 is 1.64. The number of carbonyl (C=O) groups is 2. The lowest BCUT2D eigenvalue weighted by atomic mass is 9.48. The molecule has 2 bridgehead atoms. The normalized spacial score (nSPS) is 28.6. The third-order valence-corrected chi connectivity index (χ3v) is 6.42. The zero-order chi connectivity index (χ0) is 19.5. The number of hydrogen-bond acceptors (Lipinski definition) is 4. The van der Waals surface area contributed by atoms with Crippen molar-refractivity contribution in [3.63, 3.8) is 0 Å². The molecule has 1 N–H and O–H groups in total. The van der Waals surface area contributed by atoms with Crippen LogP contribution in [0.5, 0.6) is 0 Å². The smallest absolute Gasteiger partial charge is 0.231 e. The number of imide groups is 1. The third-order valence-electron chi connectivity index (χ3n) is 6.42. The Morgan fingerprint density at radius 1 is 0.964 bits per heavy atom. The number of aryl methyl sites for hydroxylation is 1. The van der Waals surface area contributed by atoms with Gasteiger partial charge in [0, 0.05) is 24.6 Å². The fourth-order valence-corrected chi connectivity index (χ4v) is 5.35. The summed E-state index contributed by atoms with van der Waals surface area (Å²) in [6.07, 6.45) is 3.42. The van der Waals surface area contributed by atoms with E-state index in [0.29, 0.717) is 0 Å². The first-order chi connectivity index (χ1) is 13.5. The molecule has 1 fully saturated rings. The molecule has 4 aliphatic rings. The Morgan fingerprint density at radius 2 is 1.57 bits per heavy atom. The molecule has 1 saturated heterocycles. The van der Waals surface area contributed by atoms with Crippen LogP contribution in [0, 0.1) is 11.8 Å². The average molecular weight is 372 g/mol. The van der Waals surface area contributed by atoms with E-state index >= 15 is 0 Å². The molecule has 2 atom stereocenters. The Labute approximate surface area is 162 Å². The summed E-state index contributed by atoms with van der Waals surface area (Å²) in [5, 5.41) is 9.69. The molecule has 6 nitrogen and oxygen atoms in total. The van der Waals surface area contributed by atoms with Crippen LogP contribution in [0.2, 0.25) is 0 Å². The molecular formula is C22H20N4O2. The summed E-state index contributed by atoms with van der Waals surface area (Å²) in [5.74, 6) is -0.815. The lowest BCUT2D eigenvalue weighted by Gasteiger charge is -2.52. The van der Waals surface area contributed by atoms with Crippen molar-refractivity contribution in [2.75, 3.05) is 0 Å². The van der Waals surface area contributed by atoms with Crippen molar-refractivity contribution in [1.82, 2.24) is 20.3 Å². The Balaban J connectivity index is 0.000000246. The summed E-state index contributed by atoms with van der Waals surface area (Å²) in [5.41, 5.74) is 4.38. The maximum atomic E-state index is 12.5. The highest BCUT2D eigenvalue weighted by Gasteiger charge is 2.64. The van der Waals surface area contributed by atoms with Crippen LogP contribution < -0.4 is 5.32 Å². The predicted octanol–water partition coefficient (Wildman–Crippen LogP) is 2.16. The van der Waals surface area contributed by atoms with Gasteiger partial charge in [-0.05, 0) is 22.3 Å². The van der Waals surface area contributed by atoms with Crippen LogP contribution in [-0.2, 0) is 22.1 Å². The van der Waals surface area contributed by atoms with Crippen LogP contribution in [0.4, 0.5) is 0 Å². The van der Waals surface area contributed by atoms with E-state index in [1.807, 2.05) is 31.3 Å². The highest BCUT2D eigenvalue weighted by Crippen LogP contribution is 2.62. The zero-order valence-electron chi connectivity index (χ0n) is 15.7. The number of benzene rings is 2. The molecule has 0 radical (unpaired) electrons. The van der Waals surface area contributed by atoms with E-state index in [4.69, 9.17) is 0 Å². The second-order valence-corrected chi connectivity index (χ2v) is 7.79. The maximum absolute atomic E-state index is 12.5. The molecule has 0 spiro atoms. The van der Waals surface area contributed by atoms with Crippen molar-refractivity contribution in [2.45, 2.75) is 18.3 Å². The lowest BCUT2D eigenvalue weighted by molar-refractivity contribution is -0.126. The molecule has 2 amide bonds. The summed E-state index contributed by atoms with van der Waals surface area (Å²) in [4.78, 5) is 24.9. The first kappa shape index (κ1) is 16.9. The Bertz CT molecular complexity index is 1040. The van der Waals surface area contributed by atoms with Gasteiger partial charge in [-0.1, -0.05) is 60.7 Å². The molecule has 3 aromatic rings. The Morgan fingerprint density at radius 3 is 2.07 bits per heavy atom. The van der Waals surface area contributed by atoms with Crippen molar-refractivity contribution >= 4 is 11.8 Å². The number of carbonyl (C=O) groups excluding carboxylic acids is 2. The highest BCUT2D eigenvalue weighted by atomic mass is 16.2. The molecule has 6 heteroatoms. The van der Waals surface area contributed by atoms with Gasteiger partial charge in [-0.3, -0.25) is 19.6 Å². The van der Waals surface area contributed by atoms with E-state index < -0.39 is 5.41 Å². The van der Waals surface area contributed by atoms with Gasteiger partial charge in [0.15, 0.2) is 0 Å². The average Bonchev–Trinajstić information content (AvgIpc) is 3.30.